The van der Waals surface area contributed by atoms with Crippen LogP contribution in [0.1, 0.15) is 39.5 Å². The summed E-state index contributed by atoms with van der Waals surface area (Å²) < 4.78 is 5.49. The molecule has 0 aromatic carbocycles. The Labute approximate surface area is 106 Å². The number of hydrogen-bond acceptors (Lipinski definition) is 2. The average molecular weight is 243 g/mol. The Bertz CT molecular complexity index is 195. The van der Waals surface area contributed by atoms with Gasteiger partial charge in [-0.15, -0.1) is 0 Å². The summed E-state index contributed by atoms with van der Waals surface area (Å²) in [6.45, 7) is 7.86. The average Bonchev–Trinajstić information content (AvgIpc) is 2.35. The van der Waals surface area contributed by atoms with Crippen molar-refractivity contribution in [3.8, 4) is 0 Å². The van der Waals surface area contributed by atoms with E-state index in [-0.39, 0.29) is 0 Å². The number of ether oxygens (including phenoxy) is 1. The molecule has 0 aromatic rings. The summed E-state index contributed by atoms with van der Waals surface area (Å²) in [6, 6.07) is 0. The second kappa shape index (κ2) is 11.7. The lowest BCUT2D eigenvalue weighted by Crippen LogP contribution is -2.40. The number of rotatable bonds is 9. The summed E-state index contributed by atoms with van der Waals surface area (Å²) in [7, 11) is 3.89. The minimum atomic E-state index is 0.751. The van der Waals surface area contributed by atoms with Gasteiger partial charge in [0, 0.05) is 33.8 Å². The molecule has 17 heavy (non-hydrogen) atoms. The van der Waals surface area contributed by atoms with Crippen LogP contribution in [0, 0.1) is 0 Å². The van der Waals surface area contributed by atoms with E-state index in [0.29, 0.717) is 0 Å². The molecule has 0 aliphatic rings. The van der Waals surface area contributed by atoms with Crippen molar-refractivity contribution in [3.63, 3.8) is 0 Å². The quantitative estimate of drug-likeness (QED) is 0.383. The predicted octanol–water partition coefficient (Wildman–Crippen LogP) is 2.11. The summed E-state index contributed by atoms with van der Waals surface area (Å²) >= 11 is 0. The van der Waals surface area contributed by atoms with Crippen molar-refractivity contribution in [1.82, 2.24) is 10.2 Å². The van der Waals surface area contributed by atoms with Crippen LogP contribution in [0.2, 0.25) is 0 Å². The van der Waals surface area contributed by atoms with Crippen LogP contribution in [0.25, 0.3) is 0 Å². The third-order valence-electron chi connectivity index (χ3n) is 2.59. The van der Waals surface area contributed by atoms with Gasteiger partial charge in [0.15, 0.2) is 5.96 Å². The first kappa shape index (κ1) is 16.2. The fourth-order valence-electron chi connectivity index (χ4n) is 1.47. The van der Waals surface area contributed by atoms with E-state index in [9.17, 15) is 0 Å². The van der Waals surface area contributed by atoms with Crippen LogP contribution in [-0.4, -0.2) is 51.3 Å². The first-order chi connectivity index (χ1) is 8.26. The maximum Gasteiger partial charge on any atom is 0.193 e. The number of hydrogen-bond donors (Lipinski definition) is 1. The molecule has 4 nitrogen and oxygen atoms in total. The highest BCUT2D eigenvalue weighted by Crippen LogP contribution is 1.92. The minimum Gasteiger partial charge on any atom is -0.380 e. The van der Waals surface area contributed by atoms with Crippen LogP contribution in [-0.2, 0) is 4.74 Å². The van der Waals surface area contributed by atoms with Crippen molar-refractivity contribution in [1.29, 1.82) is 0 Å². The Balaban J connectivity index is 3.61. The van der Waals surface area contributed by atoms with E-state index in [4.69, 9.17) is 4.74 Å². The first-order valence-corrected chi connectivity index (χ1v) is 6.75. The monoisotopic (exact) mass is 243 g/mol. The second-order valence-electron chi connectivity index (χ2n) is 4.22. The molecule has 4 heteroatoms. The molecule has 0 saturated carbocycles. The Hall–Kier alpha value is -0.770. The highest BCUT2D eigenvalue weighted by atomic mass is 16.5. The fourth-order valence-corrected chi connectivity index (χ4v) is 1.47. The minimum absolute atomic E-state index is 0.751. The SMILES string of the molecule is CCCCOCCNC(=NC)N(C)CCCC. The fraction of sp³-hybridized carbons (Fsp3) is 0.923. The highest BCUT2D eigenvalue weighted by molar-refractivity contribution is 5.79. The molecule has 0 fully saturated rings. The van der Waals surface area contributed by atoms with Gasteiger partial charge in [-0.25, -0.2) is 0 Å². The van der Waals surface area contributed by atoms with E-state index < -0.39 is 0 Å². The predicted molar refractivity (Wildman–Crippen MR) is 74.6 cm³/mol. The van der Waals surface area contributed by atoms with Crippen LogP contribution >= 0.6 is 0 Å². The highest BCUT2D eigenvalue weighted by Gasteiger charge is 2.03. The zero-order chi connectivity index (χ0) is 12.9. The molecule has 0 aliphatic carbocycles. The molecule has 0 atom stereocenters. The number of aliphatic imine (C=N–C) groups is 1. The Morgan fingerprint density at radius 2 is 1.88 bits per heavy atom. The standard InChI is InChI=1S/C13H29N3O/c1-5-7-10-16(4)13(14-3)15-9-12-17-11-8-6-2/h5-12H2,1-4H3,(H,14,15). The van der Waals surface area contributed by atoms with Gasteiger partial charge in [-0.3, -0.25) is 4.99 Å². The summed E-state index contributed by atoms with van der Waals surface area (Å²) in [6.07, 6.45) is 4.74. The van der Waals surface area contributed by atoms with E-state index in [1.807, 2.05) is 7.05 Å². The van der Waals surface area contributed by atoms with Gasteiger partial charge in [-0.1, -0.05) is 26.7 Å². The van der Waals surface area contributed by atoms with E-state index >= 15 is 0 Å². The van der Waals surface area contributed by atoms with E-state index in [2.05, 4.69) is 36.1 Å². The third-order valence-corrected chi connectivity index (χ3v) is 2.59. The number of guanidine groups is 1. The van der Waals surface area contributed by atoms with Crippen molar-refractivity contribution in [3.05, 3.63) is 0 Å². The van der Waals surface area contributed by atoms with Crippen molar-refractivity contribution >= 4 is 5.96 Å². The summed E-state index contributed by atoms with van der Waals surface area (Å²) in [5.41, 5.74) is 0. The molecule has 0 aliphatic heterocycles. The van der Waals surface area contributed by atoms with Crippen LogP contribution in [0.15, 0.2) is 4.99 Å². The van der Waals surface area contributed by atoms with Crippen molar-refractivity contribution in [2.24, 2.45) is 4.99 Å². The first-order valence-electron chi connectivity index (χ1n) is 6.75. The summed E-state index contributed by atoms with van der Waals surface area (Å²) in [4.78, 5) is 6.41. The molecular formula is C13H29N3O. The topological polar surface area (TPSA) is 36.9 Å². The molecule has 1 N–H and O–H groups in total. The number of nitrogens with zero attached hydrogens (tertiary/aromatic N) is 2. The van der Waals surface area contributed by atoms with Gasteiger partial charge >= 0.3 is 0 Å². The summed E-state index contributed by atoms with van der Waals surface area (Å²) in [5, 5.41) is 3.31. The molecule has 0 heterocycles. The van der Waals surface area contributed by atoms with Gasteiger partial charge in [0.05, 0.1) is 6.61 Å². The van der Waals surface area contributed by atoms with E-state index in [1.165, 1.54) is 19.3 Å². The van der Waals surface area contributed by atoms with E-state index in [0.717, 1.165) is 38.7 Å². The van der Waals surface area contributed by atoms with E-state index in [1.54, 1.807) is 0 Å². The second-order valence-corrected chi connectivity index (χ2v) is 4.22. The number of unbranched alkanes of at least 4 members (excludes halogenated alkanes) is 2. The van der Waals surface area contributed by atoms with Crippen LogP contribution in [0.4, 0.5) is 0 Å². The maximum atomic E-state index is 5.49. The van der Waals surface area contributed by atoms with Gasteiger partial charge < -0.3 is 15.0 Å². The summed E-state index contributed by atoms with van der Waals surface area (Å²) in [5.74, 6) is 0.956. The zero-order valence-corrected chi connectivity index (χ0v) is 12.0. The molecule has 0 unspecified atom stereocenters. The Morgan fingerprint density at radius 1 is 1.18 bits per heavy atom. The van der Waals surface area contributed by atoms with Gasteiger partial charge in [-0.2, -0.15) is 0 Å². The molecule has 0 amide bonds. The molecule has 0 saturated heterocycles. The molecule has 0 bridgehead atoms. The largest absolute Gasteiger partial charge is 0.380 e. The molecule has 102 valence electrons. The van der Waals surface area contributed by atoms with Crippen molar-refractivity contribution in [2.45, 2.75) is 39.5 Å². The van der Waals surface area contributed by atoms with Crippen LogP contribution in [0.3, 0.4) is 0 Å². The molecule has 0 radical (unpaired) electrons. The van der Waals surface area contributed by atoms with Crippen molar-refractivity contribution < 1.29 is 4.74 Å². The number of nitrogens with one attached hydrogen (secondary N) is 1. The smallest absolute Gasteiger partial charge is 0.193 e. The Morgan fingerprint density at radius 3 is 2.47 bits per heavy atom. The maximum absolute atomic E-state index is 5.49. The molecular weight excluding hydrogens is 214 g/mol. The molecule has 0 spiro atoms. The van der Waals surface area contributed by atoms with Crippen LogP contribution < -0.4 is 5.32 Å². The van der Waals surface area contributed by atoms with Gasteiger partial charge in [0.25, 0.3) is 0 Å². The third kappa shape index (κ3) is 8.98. The Kier molecular flexibility index (Phi) is 11.2. The lowest BCUT2D eigenvalue weighted by molar-refractivity contribution is 0.135. The van der Waals surface area contributed by atoms with Crippen LogP contribution in [0.5, 0.6) is 0 Å². The molecule has 0 aromatic heterocycles. The zero-order valence-electron chi connectivity index (χ0n) is 12.0. The normalized spacial score (nSPS) is 11.6. The van der Waals surface area contributed by atoms with Gasteiger partial charge in [-0.05, 0) is 12.8 Å². The molecule has 0 rings (SSSR count). The van der Waals surface area contributed by atoms with Gasteiger partial charge in [0.2, 0.25) is 0 Å². The lowest BCUT2D eigenvalue weighted by atomic mass is 10.3. The lowest BCUT2D eigenvalue weighted by Gasteiger charge is -2.21. The van der Waals surface area contributed by atoms with Gasteiger partial charge in [0.1, 0.15) is 0 Å². The van der Waals surface area contributed by atoms with Crippen molar-refractivity contribution in [2.75, 3.05) is 40.4 Å².